The van der Waals surface area contributed by atoms with Crippen molar-refractivity contribution in [2.24, 2.45) is 0 Å². The number of nitro benzene ring substituents is 1. The zero-order valence-electron chi connectivity index (χ0n) is 14.4. The zero-order chi connectivity index (χ0) is 18.7. The number of aryl methyl sites for hydroxylation is 1. The van der Waals surface area contributed by atoms with Crippen LogP contribution in [0.25, 0.3) is 0 Å². The van der Waals surface area contributed by atoms with Gasteiger partial charge in [0, 0.05) is 36.1 Å². The monoisotopic (exact) mass is 356 g/mol. The molecule has 1 aliphatic rings. The normalized spacial score (nSPS) is 14.1. The second-order valence-corrected chi connectivity index (χ2v) is 6.08. The maximum absolute atomic E-state index is 12.4. The summed E-state index contributed by atoms with van der Waals surface area (Å²) < 4.78 is 5.36. The van der Waals surface area contributed by atoms with Crippen LogP contribution < -0.4 is 16.0 Å². The summed E-state index contributed by atoms with van der Waals surface area (Å²) in [6, 6.07) is 9.80. The van der Waals surface area contributed by atoms with Crippen LogP contribution in [-0.4, -0.2) is 37.1 Å². The number of carbonyl (C=O) groups is 1. The van der Waals surface area contributed by atoms with E-state index in [1.165, 1.54) is 18.2 Å². The van der Waals surface area contributed by atoms with E-state index in [1.807, 2.05) is 25.1 Å². The molecule has 3 N–H and O–H groups in total. The lowest BCUT2D eigenvalue weighted by molar-refractivity contribution is -0.383. The van der Waals surface area contributed by atoms with E-state index in [1.54, 1.807) is 0 Å². The summed E-state index contributed by atoms with van der Waals surface area (Å²) in [7, 11) is 0. The molecule has 0 aliphatic carbocycles. The summed E-state index contributed by atoms with van der Waals surface area (Å²) in [5.74, 6) is -0.421. The maximum atomic E-state index is 12.4. The van der Waals surface area contributed by atoms with E-state index in [4.69, 9.17) is 10.5 Å². The first-order valence-corrected chi connectivity index (χ1v) is 8.24. The van der Waals surface area contributed by atoms with E-state index in [2.05, 4.69) is 10.2 Å². The summed E-state index contributed by atoms with van der Waals surface area (Å²) in [5.41, 5.74) is 8.14. The fraction of sp³-hybridized carbons (Fsp3) is 0.278. The van der Waals surface area contributed by atoms with Gasteiger partial charge in [-0.2, -0.15) is 0 Å². The van der Waals surface area contributed by atoms with Crippen molar-refractivity contribution >= 4 is 28.7 Å². The molecule has 8 nitrogen and oxygen atoms in total. The zero-order valence-corrected chi connectivity index (χ0v) is 14.4. The SMILES string of the molecule is Cc1cc(N2CCOCC2)ccc1NC(=O)c1ccc(N)c([N+](=O)[O-])c1. The molecule has 1 aliphatic heterocycles. The lowest BCUT2D eigenvalue weighted by Gasteiger charge is -2.29. The minimum absolute atomic E-state index is 0.0256. The molecule has 0 aromatic heterocycles. The van der Waals surface area contributed by atoms with Crippen molar-refractivity contribution in [1.29, 1.82) is 0 Å². The molecule has 2 aromatic rings. The van der Waals surface area contributed by atoms with E-state index in [0.29, 0.717) is 18.9 Å². The van der Waals surface area contributed by atoms with Crippen LogP contribution in [0.3, 0.4) is 0 Å². The van der Waals surface area contributed by atoms with Crippen molar-refractivity contribution in [2.45, 2.75) is 6.92 Å². The average molecular weight is 356 g/mol. The Morgan fingerprint density at radius 3 is 2.62 bits per heavy atom. The number of hydrogen-bond donors (Lipinski definition) is 2. The molecule has 136 valence electrons. The van der Waals surface area contributed by atoms with Crippen LogP contribution in [0.4, 0.5) is 22.7 Å². The lowest BCUT2D eigenvalue weighted by atomic mass is 10.1. The van der Waals surface area contributed by atoms with Gasteiger partial charge in [-0.05, 0) is 42.8 Å². The molecule has 0 unspecified atom stereocenters. The van der Waals surface area contributed by atoms with Crippen LogP contribution >= 0.6 is 0 Å². The Balaban J connectivity index is 1.77. The Morgan fingerprint density at radius 2 is 1.96 bits per heavy atom. The number of ether oxygens (including phenoxy) is 1. The maximum Gasteiger partial charge on any atom is 0.292 e. The Hall–Kier alpha value is -3.13. The van der Waals surface area contributed by atoms with Crippen LogP contribution in [0, 0.1) is 17.0 Å². The molecule has 2 aromatic carbocycles. The second kappa shape index (κ2) is 7.40. The molecular formula is C18H20N4O4. The highest BCUT2D eigenvalue weighted by Gasteiger charge is 2.17. The lowest BCUT2D eigenvalue weighted by Crippen LogP contribution is -2.36. The number of anilines is 3. The third-order valence-electron chi connectivity index (χ3n) is 4.32. The fourth-order valence-corrected chi connectivity index (χ4v) is 2.84. The molecule has 1 heterocycles. The molecule has 1 saturated heterocycles. The summed E-state index contributed by atoms with van der Waals surface area (Å²) >= 11 is 0. The Labute approximate surface area is 150 Å². The van der Waals surface area contributed by atoms with Crippen molar-refractivity contribution in [3.8, 4) is 0 Å². The number of amides is 1. The molecule has 1 amide bonds. The van der Waals surface area contributed by atoms with E-state index >= 15 is 0 Å². The van der Waals surface area contributed by atoms with Crippen molar-refractivity contribution < 1.29 is 14.5 Å². The number of nitro groups is 1. The van der Waals surface area contributed by atoms with Crippen molar-refractivity contribution in [1.82, 2.24) is 0 Å². The third-order valence-corrected chi connectivity index (χ3v) is 4.32. The van der Waals surface area contributed by atoms with Gasteiger partial charge in [0.15, 0.2) is 0 Å². The molecule has 0 radical (unpaired) electrons. The van der Waals surface area contributed by atoms with Crippen LogP contribution in [0.1, 0.15) is 15.9 Å². The van der Waals surface area contributed by atoms with E-state index in [0.717, 1.165) is 24.3 Å². The van der Waals surface area contributed by atoms with Gasteiger partial charge in [-0.25, -0.2) is 0 Å². The van der Waals surface area contributed by atoms with Crippen LogP contribution in [0.15, 0.2) is 36.4 Å². The third kappa shape index (κ3) is 3.75. The topological polar surface area (TPSA) is 111 Å². The van der Waals surface area contributed by atoms with Gasteiger partial charge in [0.05, 0.1) is 18.1 Å². The van der Waals surface area contributed by atoms with Crippen molar-refractivity contribution in [2.75, 3.05) is 42.3 Å². The Morgan fingerprint density at radius 1 is 1.23 bits per heavy atom. The first-order valence-electron chi connectivity index (χ1n) is 8.24. The average Bonchev–Trinajstić information content (AvgIpc) is 2.64. The van der Waals surface area contributed by atoms with Gasteiger partial charge >= 0.3 is 0 Å². The predicted molar refractivity (Wildman–Crippen MR) is 99.7 cm³/mol. The smallest absolute Gasteiger partial charge is 0.292 e. The van der Waals surface area contributed by atoms with Gasteiger partial charge in [-0.3, -0.25) is 14.9 Å². The summed E-state index contributed by atoms with van der Waals surface area (Å²) in [6.45, 7) is 4.98. The minimum Gasteiger partial charge on any atom is -0.393 e. The Kier molecular flexibility index (Phi) is 5.04. The van der Waals surface area contributed by atoms with Crippen LogP contribution in [0.5, 0.6) is 0 Å². The number of nitrogens with zero attached hydrogens (tertiary/aromatic N) is 2. The molecule has 0 atom stereocenters. The summed E-state index contributed by atoms with van der Waals surface area (Å²) in [4.78, 5) is 25.0. The highest BCUT2D eigenvalue weighted by molar-refractivity contribution is 6.05. The molecular weight excluding hydrogens is 336 g/mol. The number of nitrogens with two attached hydrogens (primary N) is 1. The number of carbonyl (C=O) groups excluding carboxylic acids is 1. The fourth-order valence-electron chi connectivity index (χ4n) is 2.84. The molecule has 3 rings (SSSR count). The molecule has 0 saturated carbocycles. The first kappa shape index (κ1) is 17.7. The number of benzene rings is 2. The predicted octanol–water partition coefficient (Wildman–Crippen LogP) is 2.57. The molecule has 0 bridgehead atoms. The quantitative estimate of drug-likeness (QED) is 0.495. The van der Waals surface area contributed by atoms with Gasteiger partial charge in [0.1, 0.15) is 5.69 Å². The highest BCUT2D eigenvalue weighted by Crippen LogP contribution is 2.26. The number of nitrogens with one attached hydrogen (secondary N) is 1. The van der Waals surface area contributed by atoms with E-state index in [9.17, 15) is 14.9 Å². The number of nitrogen functional groups attached to an aromatic ring is 1. The molecule has 26 heavy (non-hydrogen) atoms. The summed E-state index contributed by atoms with van der Waals surface area (Å²) in [5, 5.41) is 13.8. The summed E-state index contributed by atoms with van der Waals surface area (Å²) in [6.07, 6.45) is 0. The Bertz CT molecular complexity index is 847. The van der Waals surface area contributed by atoms with E-state index in [-0.39, 0.29) is 16.9 Å². The van der Waals surface area contributed by atoms with Crippen molar-refractivity contribution in [3.05, 3.63) is 57.6 Å². The van der Waals surface area contributed by atoms with Crippen LogP contribution in [-0.2, 0) is 4.74 Å². The van der Waals surface area contributed by atoms with E-state index < -0.39 is 10.8 Å². The van der Waals surface area contributed by atoms with Crippen molar-refractivity contribution in [3.63, 3.8) is 0 Å². The number of rotatable bonds is 4. The highest BCUT2D eigenvalue weighted by atomic mass is 16.6. The van der Waals surface area contributed by atoms with Gasteiger partial charge < -0.3 is 20.7 Å². The second-order valence-electron chi connectivity index (χ2n) is 6.08. The number of morpholine rings is 1. The minimum atomic E-state index is -0.603. The van der Waals surface area contributed by atoms with Crippen LogP contribution in [0.2, 0.25) is 0 Å². The molecule has 8 heteroatoms. The van der Waals surface area contributed by atoms with Gasteiger partial charge in [0.25, 0.3) is 11.6 Å². The largest absolute Gasteiger partial charge is 0.393 e. The molecule has 1 fully saturated rings. The van der Waals surface area contributed by atoms with Gasteiger partial charge in [-0.15, -0.1) is 0 Å². The first-order chi connectivity index (χ1) is 12.5. The number of hydrogen-bond acceptors (Lipinski definition) is 6. The van der Waals surface area contributed by atoms with Gasteiger partial charge in [-0.1, -0.05) is 0 Å². The molecule has 0 spiro atoms. The standard InChI is InChI=1S/C18H20N4O4/c1-12-10-14(21-6-8-26-9-7-21)3-5-16(12)20-18(23)13-2-4-15(19)17(11-13)22(24)25/h2-5,10-11H,6-9,19H2,1H3,(H,20,23). The van der Waals surface area contributed by atoms with Gasteiger partial charge in [0.2, 0.25) is 0 Å².